The fraction of sp³-hybridized carbons (Fsp3) is 0.227. The molecule has 0 spiro atoms. The maximum atomic E-state index is 12.4. The topological polar surface area (TPSA) is 81.4 Å². The predicted molar refractivity (Wildman–Crippen MR) is 106 cm³/mol. The Labute approximate surface area is 163 Å². The first kappa shape index (κ1) is 19.4. The number of aryl methyl sites for hydroxylation is 1. The molecule has 3 aromatic rings. The second-order valence-corrected chi connectivity index (χ2v) is 6.33. The fourth-order valence-corrected chi connectivity index (χ4v) is 2.62. The molecule has 0 aliphatic heterocycles. The maximum absolute atomic E-state index is 12.4. The third-order valence-corrected chi connectivity index (χ3v) is 4.08. The molecule has 144 valence electrons. The van der Waals surface area contributed by atoms with Crippen LogP contribution < -0.4 is 5.32 Å². The molecule has 1 aromatic heterocycles. The number of nitrogens with zero attached hydrogens (tertiary/aromatic N) is 1. The first-order valence-electron chi connectivity index (χ1n) is 9.15. The number of carbonyl (C=O) groups excluding carboxylic acids is 2. The van der Waals surface area contributed by atoms with E-state index >= 15 is 0 Å². The minimum atomic E-state index is -0.369. The van der Waals surface area contributed by atoms with E-state index in [2.05, 4.69) is 10.3 Å². The van der Waals surface area contributed by atoms with E-state index in [1.54, 1.807) is 31.2 Å². The quantitative estimate of drug-likeness (QED) is 0.616. The van der Waals surface area contributed by atoms with Crippen LogP contribution in [-0.4, -0.2) is 23.5 Å². The van der Waals surface area contributed by atoms with Crippen molar-refractivity contribution < 1.29 is 18.7 Å². The Morgan fingerprint density at radius 2 is 1.79 bits per heavy atom. The molecule has 2 aromatic carbocycles. The fourth-order valence-electron chi connectivity index (χ4n) is 2.62. The molecule has 6 heteroatoms. The van der Waals surface area contributed by atoms with Crippen LogP contribution in [0.5, 0.6) is 0 Å². The van der Waals surface area contributed by atoms with Gasteiger partial charge in [0, 0.05) is 11.3 Å². The van der Waals surface area contributed by atoms with E-state index in [9.17, 15) is 9.59 Å². The summed E-state index contributed by atoms with van der Waals surface area (Å²) in [6.07, 6.45) is 0.871. The molecule has 0 aliphatic carbocycles. The van der Waals surface area contributed by atoms with Crippen LogP contribution >= 0.6 is 0 Å². The van der Waals surface area contributed by atoms with Gasteiger partial charge in [0.1, 0.15) is 5.76 Å². The van der Waals surface area contributed by atoms with Gasteiger partial charge in [0.05, 0.1) is 24.3 Å². The number of aromatic nitrogens is 1. The molecule has 1 N–H and O–H groups in total. The van der Waals surface area contributed by atoms with Crippen molar-refractivity contribution in [2.24, 2.45) is 0 Å². The highest BCUT2D eigenvalue weighted by Gasteiger charge is 2.15. The van der Waals surface area contributed by atoms with Gasteiger partial charge in [-0.15, -0.1) is 0 Å². The maximum Gasteiger partial charge on any atom is 0.338 e. The van der Waals surface area contributed by atoms with Crippen molar-refractivity contribution in [2.45, 2.75) is 26.7 Å². The Morgan fingerprint density at radius 1 is 1.07 bits per heavy atom. The summed E-state index contributed by atoms with van der Waals surface area (Å²) in [5, 5.41) is 2.80. The van der Waals surface area contributed by atoms with Gasteiger partial charge in [-0.25, -0.2) is 9.78 Å². The van der Waals surface area contributed by atoms with Crippen LogP contribution in [0.1, 0.15) is 35.2 Å². The lowest BCUT2D eigenvalue weighted by molar-refractivity contribution is -0.115. The summed E-state index contributed by atoms with van der Waals surface area (Å²) in [4.78, 5) is 28.6. The molecule has 0 unspecified atom stereocenters. The average molecular weight is 378 g/mol. The lowest BCUT2D eigenvalue weighted by Gasteiger charge is -2.06. The molecule has 0 saturated carbocycles. The van der Waals surface area contributed by atoms with Gasteiger partial charge in [-0.2, -0.15) is 0 Å². The van der Waals surface area contributed by atoms with Gasteiger partial charge in [0.25, 0.3) is 0 Å². The van der Waals surface area contributed by atoms with Crippen LogP contribution in [0.3, 0.4) is 0 Å². The second-order valence-electron chi connectivity index (χ2n) is 6.33. The molecular weight excluding hydrogens is 356 g/mol. The smallest absolute Gasteiger partial charge is 0.338 e. The molecule has 0 atom stereocenters. The number of anilines is 1. The molecule has 0 bridgehead atoms. The highest BCUT2D eigenvalue weighted by atomic mass is 16.5. The number of benzene rings is 2. The SMILES string of the molecule is CCCOC(=O)c1ccc(NC(=O)Cc2nc(-c3ccccc3)oc2C)cc1. The van der Waals surface area contributed by atoms with Gasteiger partial charge < -0.3 is 14.5 Å². The summed E-state index contributed by atoms with van der Waals surface area (Å²) in [7, 11) is 0. The van der Waals surface area contributed by atoms with E-state index in [-0.39, 0.29) is 18.3 Å². The molecular formula is C22H22N2O4. The number of hydrogen-bond donors (Lipinski definition) is 1. The molecule has 1 heterocycles. The third kappa shape index (κ3) is 4.85. The summed E-state index contributed by atoms with van der Waals surface area (Å²) >= 11 is 0. The van der Waals surface area contributed by atoms with Crippen LogP contribution in [0.15, 0.2) is 59.0 Å². The lowest BCUT2D eigenvalue weighted by Crippen LogP contribution is -2.15. The molecule has 6 nitrogen and oxygen atoms in total. The lowest BCUT2D eigenvalue weighted by atomic mass is 10.2. The standard InChI is InChI=1S/C22H22N2O4/c1-3-13-27-22(26)17-9-11-18(12-10-17)23-20(25)14-19-15(2)28-21(24-19)16-7-5-4-6-8-16/h4-12H,3,13-14H2,1-2H3,(H,23,25). The summed E-state index contributed by atoms with van der Waals surface area (Å²) in [6.45, 7) is 4.11. The van der Waals surface area contributed by atoms with E-state index in [0.29, 0.717) is 35.2 Å². The van der Waals surface area contributed by atoms with Crippen molar-refractivity contribution in [2.75, 3.05) is 11.9 Å². The third-order valence-electron chi connectivity index (χ3n) is 4.08. The molecule has 0 radical (unpaired) electrons. The van der Waals surface area contributed by atoms with Gasteiger partial charge in [0.2, 0.25) is 11.8 Å². The van der Waals surface area contributed by atoms with Crippen LogP contribution in [0.2, 0.25) is 0 Å². The first-order chi connectivity index (χ1) is 13.6. The van der Waals surface area contributed by atoms with Gasteiger partial charge in [-0.05, 0) is 49.7 Å². The molecule has 28 heavy (non-hydrogen) atoms. The minimum absolute atomic E-state index is 0.0997. The summed E-state index contributed by atoms with van der Waals surface area (Å²) in [6, 6.07) is 16.1. The van der Waals surface area contributed by atoms with E-state index in [1.807, 2.05) is 37.3 Å². The van der Waals surface area contributed by atoms with Crippen molar-refractivity contribution >= 4 is 17.6 Å². The van der Waals surface area contributed by atoms with E-state index in [0.717, 1.165) is 12.0 Å². The van der Waals surface area contributed by atoms with Gasteiger partial charge >= 0.3 is 5.97 Å². The number of hydrogen-bond acceptors (Lipinski definition) is 5. The first-order valence-corrected chi connectivity index (χ1v) is 9.15. The van der Waals surface area contributed by atoms with E-state index < -0.39 is 0 Å². The number of amides is 1. The molecule has 3 rings (SSSR count). The Kier molecular flexibility index (Phi) is 6.22. The van der Waals surface area contributed by atoms with Crippen LogP contribution in [0.4, 0.5) is 5.69 Å². The number of carbonyl (C=O) groups is 2. The number of oxazole rings is 1. The van der Waals surface area contributed by atoms with Crippen molar-refractivity contribution in [1.29, 1.82) is 0 Å². The monoisotopic (exact) mass is 378 g/mol. The minimum Gasteiger partial charge on any atom is -0.462 e. The molecule has 0 aliphatic rings. The van der Waals surface area contributed by atoms with Crippen molar-refractivity contribution in [1.82, 2.24) is 4.98 Å². The Bertz CT molecular complexity index is 946. The van der Waals surface area contributed by atoms with E-state index in [1.165, 1.54) is 0 Å². The van der Waals surface area contributed by atoms with Crippen molar-refractivity contribution in [3.05, 3.63) is 71.6 Å². The molecule has 1 amide bonds. The largest absolute Gasteiger partial charge is 0.462 e. The van der Waals surface area contributed by atoms with Crippen LogP contribution in [-0.2, 0) is 16.0 Å². The average Bonchev–Trinajstić information content (AvgIpc) is 3.07. The van der Waals surface area contributed by atoms with Gasteiger partial charge in [-0.3, -0.25) is 4.79 Å². The number of ether oxygens (including phenoxy) is 1. The summed E-state index contributed by atoms with van der Waals surface area (Å²) in [5.41, 5.74) is 2.51. The highest BCUT2D eigenvalue weighted by molar-refractivity contribution is 5.94. The van der Waals surface area contributed by atoms with Gasteiger partial charge in [-0.1, -0.05) is 25.1 Å². The molecule has 0 saturated heterocycles. The van der Waals surface area contributed by atoms with Crippen LogP contribution in [0.25, 0.3) is 11.5 Å². The zero-order valence-corrected chi connectivity index (χ0v) is 15.9. The Hall–Kier alpha value is -3.41. The molecule has 0 fully saturated rings. The highest BCUT2D eigenvalue weighted by Crippen LogP contribution is 2.22. The Morgan fingerprint density at radius 3 is 2.46 bits per heavy atom. The second kappa shape index (κ2) is 8.99. The predicted octanol–water partition coefficient (Wildman–Crippen LogP) is 4.40. The number of esters is 1. The normalized spacial score (nSPS) is 10.5. The zero-order valence-electron chi connectivity index (χ0n) is 15.9. The van der Waals surface area contributed by atoms with Crippen LogP contribution in [0, 0.1) is 6.92 Å². The summed E-state index contributed by atoms with van der Waals surface area (Å²) in [5.74, 6) is 0.530. The number of nitrogens with one attached hydrogen (secondary N) is 1. The number of rotatable bonds is 7. The van der Waals surface area contributed by atoms with E-state index in [4.69, 9.17) is 9.15 Å². The van der Waals surface area contributed by atoms with Crippen molar-refractivity contribution in [3.63, 3.8) is 0 Å². The van der Waals surface area contributed by atoms with Crippen molar-refractivity contribution in [3.8, 4) is 11.5 Å². The summed E-state index contributed by atoms with van der Waals surface area (Å²) < 4.78 is 10.8. The zero-order chi connectivity index (χ0) is 19.9. The Balaban J connectivity index is 1.61. The van der Waals surface area contributed by atoms with Gasteiger partial charge in [0.15, 0.2) is 0 Å².